The van der Waals surface area contributed by atoms with E-state index in [0.717, 1.165) is 30.3 Å². The van der Waals surface area contributed by atoms with Crippen LogP contribution in [0.1, 0.15) is 21.5 Å². The van der Waals surface area contributed by atoms with Crippen molar-refractivity contribution in [3.8, 4) is 0 Å². The summed E-state index contributed by atoms with van der Waals surface area (Å²) in [5, 5.41) is 3.20. The van der Waals surface area contributed by atoms with Crippen LogP contribution in [-0.2, 0) is 12.8 Å². The van der Waals surface area contributed by atoms with Gasteiger partial charge in [-0.15, -0.1) is 0 Å². The third kappa shape index (κ3) is 2.70. The summed E-state index contributed by atoms with van der Waals surface area (Å²) in [7, 11) is 0. The second-order valence-electron chi connectivity index (χ2n) is 4.97. The predicted molar refractivity (Wildman–Crippen MR) is 80.7 cm³/mol. The predicted octanol–water partition coefficient (Wildman–Crippen LogP) is 4.12. The smallest absolute Gasteiger partial charge is 0.167 e. The number of nitrogens with one attached hydrogen (secondary N) is 1. The van der Waals surface area contributed by atoms with Gasteiger partial charge < -0.3 is 5.32 Å². The average molecular weight is 352 g/mol. The molecule has 0 bridgehead atoms. The Morgan fingerprint density at radius 1 is 1.24 bits per heavy atom. The molecule has 0 aliphatic carbocycles. The van der Waals surface area contributed by atoms with Gasteiger partial charge in [0.1, 0.15) is 11.6 Å². The zero-order chi connectivity index (χ0) is 15.0. The van der Waals surface area contributed by atoms with Crippen LogP contribution in [0.15, 0.2) is 34.8 Å². The lowest BCUT2D eigenvalue weighted by molar-refractivity contribution is 0.0990. The van der Waals surface area contributed by atoms with Crippen molar-refractivity contribution in [2.75, 3.05) is 11.9 Å². The van der Waals surface area contributed by atoms with Gasteiger partial charge in [0.2, 0.25) is 0 Å². The van der Waals surface area contributed by atoms with Gasteiger partial charge in [-0.1, -0.05) is 0 Å². The van der Waals surface area contributed by atoms with E-state index in [9.17, 15) is 13.6 Å². The Bertz CT molecular complexity index is 730. The number of hydrogen-bond donors (Lipinski definition) is 1. The molecule has 0 amide bonds. The van der Waals surface area contributed by atoms with Gasteiger partial charge in [-0.05, 0) is 58.2 Å². The van der Waals surface area contributed by atoms with Gasteiger partial charge in [0, 0.05) is 29.8 Å². The number of anilines is 1. The molecule has 1 heterocycles. The molecule has 0 spiro atoms. The van der Waals surface area contributed by atoms with Crippen molar-refractivity contribution in [1.82, 2.24) is 0 Å². The molecule has 108 valence electrons. The number of hydrogen-bond acceptors (Lipinski definition) is 2. The van der Waals surface area contributed by atoms with Crippen molar-refractivity contribution in [2.45, 2.75) is 12.8 Å². The molecular formula is C16H12BrF2NO. The Kier molecular flexibility index (Phi) is 3.76. The maximum absolute atomic E-state index is 13.9. The van der Waals surface area contributed by atoms with Gasteiger partial charge in [-0.3, -0.25) is 4.79 Å². The summed E-state index contributed by atoms with van der Waals surface area (Å²) < 4.78 is 27.8. The quantitative estimate of drug-likeness (QED) is 0.665. The van der Waals surface area contributed by atoms with Crippen molar-refractivity contribution in [3.63, 3.8) is 0 Å². The number of rotatable bonds is 3. The Labute approximate surface area is 129 Å². The molecular weight excluding hydrogens is 340 g/mol. The number of benzene rings is 2. The Hall–Kier alpha value is -1.75. The molecule has 0 fully saturated rings. The van der Waals surface area contributed by atoms with Crippen LogP contribution in [0.2, 0.25) is 0 Å². The zero-order valence-corrected chi connectivity index (χ0v) is 12.6. The van der Waals surface area contributed by atoms with Crippen molar-refractivity contribution in [3.05, 3.63) is 63.1 Å². The normalized spacial score (nSPS) is 12.9. The molecule has 2 nitrogen and oxygen atoms in total. The van der Waals surface area contributed by atoms with Gasteiger partial charge in [0.15, 0.2) is 5.78 Å². The molecule has 0 aromatic heterocycles. The maximum Gasteiger partial charge on any atom is 0.167 e. The van der Waals surface area contributed by atoms with Gasteiger partial charge in [-0.2, -0.15) is 0 Å². The van der Waals surface area contributed by atoms with Crippen LogP contribution >= 0.6 is 15.9 Å². The third-order valence-corrected chi connectivity index (χ3v) is 4.23. The molecule has 21 heavy (non-hydrogen) atoms. The first-order chi connectivity index (χ1) is 10.1. The highest BCUT2D eigenvalue weighted by Crippen LogP contribution is 2.26. The van der Waals surface area contributed by atoms with Gasteiger partial charge in [0.05, 0.1) is 4.47 Å². The Morgan fingerprint density at radius 2 is 2.05 bits per heavy atom. The molecule has 1 N–H and O–H groups in total. The van der Waals surface area contributed by atoms with E-state index in [4.69, 9.17) is 0 Å². The van der Waals surface area contributed by atoms with Crippen LogP contribution < -0.4 is 5.32 Å². The highest BCUT2D eigenvalue weighted by atomic mass is 79.9. The van der Waals surface area contributed by atoms with Crippen molar-refractivity contribution < 1.29 is 13.6 Å². The van der Waals surface area contributed by atoms with Crippen molar-refractivity contribution in [1.29, 1.82) is 0 Å². The molecule has 2 aromatic rings. The molecule has 0 saturated carbocycles. The topological polar surface area (TPSA) is 29.1 Å². The summed E-state index contributed by atoms with van der Waals surface area (Å²) in [5.74, 6) is -1.71. The zero-order valence-electron chi connectivity index (χ0n) is 11.1. The highest BCUT2D eigenvalue weighted by molar-refractivity contribution is 9.10. The second kappa shape index (κ2) is 5.56. The standard InChI is InChI=1S/C16H12BrF2NO/c17-12-2-3-13(18)11(16(12)19)8-15(21)10-1-4-14-9(7-10)5-6-20-14/h1-4,7,20H,5-6,8H2. The number of ketones is 1. The summed E-state index contributed by atoms with van der Waals surface area (Å²) in [6.07, 6.45) is 0.569. The van der Waals surface area contributed by atoms with E-state index >= 15 is 0 Å². The van der Waals surface area contributed by atoms with Crippen LogP contribution in [0.4, 0.5) is 14.5 Å². The van der Waals surface area contributed by atoms with Crippen LogP contribution in [-0.4, -0.2) is 12.3 Å². The first kappa shape index (κ1) is 14.2. The molecule has 0 unspecified atom stereocenters. The number of halogens is 3. The minimum absolute atomic E-state index is 0.157. The summed E-state index contributed by atoms with van der Waals surface area (Å²) in [6.45, 7) is 0.849. The van der Waals surface area contributed by atoms with E-state index in [1.54, 1.807) is 12.1 Å². The van der Waals surface area contributed by atoms with Crippen LogP contribution in [0.3, 0.4) is 0 Å². The number of carbonyl (C=O) groups is 1. The lowest BCUT2D eigenvalue weighted by atomic mass is 9.99. The summed E-state index contributed by atoms with van der Waals surface area (Å²) >= 11 is 3.01. The van der Waals surface area contributed by atoms with E-state index in [0.29, 0.717) is 5.56 Å². The molecule has 1 aliphatic rings. The van der Waals surface area contributed by atoms with E-state index in [2.05, 4.69) is 21.2 Å². The lowest BCUT2D eigenvalue weighted by Gasteiger charge is -2.07. The fourth-order valence-electron chi connectivity index (χ4n) is 2.47. The number of carbonyl (C=O) groups excluding carboxylic acids is 1. The Balaban J connectivity index is 1.89. The largest absolute Gasteiger partial charge is 0.384 e. The number of fused-ring (bicyclic) bond motifs is 1. The summed E-state index contributed by atoms with van der Waals surface area (Å²) in [6, 6.07) is 7.77. The van der Waals surface area contributed by atoms with Gasteiger partial charge >= 0.3 is 0 Å². The van der Waals surface area contributed by atoms with Crippen LogP contribution in [0.25, 0.3) is 0 Å². The molecule has 0 radical (unpaired) electrons. The van der Waals surface area contributed by atoms with Gasteiger partial charge in [0.25, 0.3) is 0 Å². The SMILES string of the molecule is O=C(Cc1c(F)ccc(Br)c1F)c1ccc2c(c1)CCN2. The van der Waals surface area contributed by atoms with E-state index in [1.807, 2.05) is 6.07 Å². The fourth-order valence-corrected chi connectivity index (χ4v) is 2.84. The van der Waals surface area contributed by atoms with Crippen LogP contribution in [0, 0.1) is 11.6 Å². The molecule has 0 saturated heterocycles. The first-order valence-corrected chi connectivity index (χ1v) is 7.38. The second-order valence-corrected chi connectivity index (χ2v) is 5.82. The van der Waals surface area contributed by atoms with Crippen LogP contribution in [0.5, 0.6) is 0 Å². The summed E-state index contributed by atoms with van der Waals surface area (Å²) in [4.78, 5) is 12.3. The monoisotopic (exact) mass is 351 g/mol. The van der Waals surface area contributed by atoms with E-state index < -0.39 is 11.6 Å². The number of Topliss-reactive ketones (excluding diaryl/α,β-unsaturated/α-hetero) is 1. The molecule has 5 heteroatoms. The Morgan fingerprint density at radius 3 is 2.86 bits per heavy atom. The van der Waals surface area contributed by atoms with Crippen molar-refractivity contribution in [2.24, 2.45) is 0 Å². The molecule has 0 atom stereocenters. The van der Waals surface area contributed by atoms with Crippen molar-refractivity contribution >= 4 is 27.4 Å². The highest BCUT2D eigenvalue weighted by Gasteiger charge is 2.18. The first-order valence-electron chi connectivity index (χ1n) is 6.58. The molecule has 3 rings (SSSR count). The minimum atomic E-state index is -0.717. The third-order valence-electron chi connectivity index (χ3n) is 3.61. The molecule has 1 aliphatic heterocycles. The average Bonchev–Trinajstić information content (AvgIpc) is 2.94. The minimum Gasteiger partial charge on any atom is -0.384 e. The van der Waals surface area contributed by atoms with E-state index in [-0.39, 0.29) is 22.2 Å². The van der Waals surface area contributed by atoms with Gasteiger partial charge in [-0.25, -0.2) is 8.78 Å². The van der Waals surface area contributed by atoms with E-state index in [1.165, 1.54) is 6.07 Å². The maximum atomic E-state index is 13.9. The fraction of sp³-hybridized carbons (Fsp3) is 0.188. The lowest BCUT2D eigenvalue weighted by Crippen LogP contribution is -2.08. The molecule has 2 aromatic carbocycles. The summed E-state index contributed by atoms with van der Waals surface area (Å²) in [5.41, 5.74) is 2.37.